The lowest BCUT2D eigenvalue weighted by Crippen LogP contribution is -2.09. The van der Waals surface area contributed by atoms with Gasteiger partial charge in [0.15, 0.2) is 12.3 Å². The number of amides is 1. The van der Waals surface area contributed by atoms with Crippen LogP contribution in [0.4, 0.5) is 5.69 Å². The molecule has 0 aliphatic rings. The molecule has 0 atom stereocenters. The van der Waals surface area contributed by atoms with Crippen LogP contribution in [0, 0.1) is 0 Å². The first-order chi connectivity index (χ1) is 14.2. The zero-order valence-corrected chi connectivity index (χ0v) is 15.6. The molecule has 0 saturated heterocycles. The topological polar surface area (TPSA) is 87.0 Å². The number of ether oxygens (including phenoxy) is 1. The minimum absolute atomic E-state index is 0.128. The van der Waals surface area contributed by atoms with Gasteiger partial charge in [-0.2, -0.15) is 0 Å². The Morgan fingerprint density at radius 1 is 0.931 bits per heavy atom. The molecule has 1 aromatic heterocycles. The molecular weight excluding hydrogens is 366 g/mol. The summed E-state index contributed by atoms with van der Waals surface area (Å²) in [4.78, 5) is 14.9. The molecule has 0 fully saturated rings. The Morgan fingerprint density at radius 2 is 1.66 bits per heavy atom. The van der Waals surface area contributed by atoms with Gasteiger partial charge in [-0.1, -0.05) is 66.7 Å². The van der Waals surface area contributed by atoms with E-state index in [2.05, 4.69) is 15.2 Å². The summed E-state index contributed by atoms with van der Waals surface area (Å²) in [6.45, 7) is -0.238. The highest BCUT2D eigenvalue weighted by atomic mass is 16.5. The van der Waals surface area contributed by atoms with Gasteiger partial charge < -0.3 is 14.8 Å². The molecule has 0 aliphatic carbocycles. The number of nitrogens with zero attached hydrogens (tertiary/aromatic N) is 2. The molecule has 0 bridgehead atoms. The molecule has 0 aliphatic heterocycles. The van der Waals surface area contributed by atoms with Gasteiger partial charge in [-0.15, -0.1) is 10.2 Å². The fourth-order valence-corrected chi connectivity index (χ4v) is 3.09. The van der Waals surface area contributed by atoms with E-state index in [-0.39, 0.29) is 18.2 Å². The monoisotopic (exact) mass is 385 g/mol. The molecule has 0 saturated carbocycles. The summed E-state index contributed by atoms with van der Waals surface area (Å²) >= 11 is 0. The van der Waals surface area contributed by atoms with Gasteiger partial charge >= 0.3 is 5.91 Å². The van der Waals surface area contributed by atoms with E-state index in [0.29, 0.717) is 17.6 Å². The summed E-state index contributed by atoms with van der Waals surface area (Å²) in [5, 5.41) is 18.3. The average Bonchev–Trinajstić information content (AvgIpc) is 3.07. The van der Waals surface area contributed by atoms with Crippen LogP contribution in [-0.2, 0) is 11.2 Å². The molecule has 4 aromatic rings. The zero-order chi connectivity index (χ0) is 20.1. The van der Waals surface area contributed by atoms with E-state index < -0.39 is 5.91 Å². The first kappa shape index (κ1) is 18.4. The van der Waals surface area contributed by atoms with Crippen LogP contribution in [0.15, 0.2) is 89.1 Å². The Hall–Kier alpha value is -3.93. The van der Waals surface area contributed by atoms with Gasteiger partial charge in [0.25, 0.3) is 0 Å². The minimum Gasteiger partial charge on any atom is -0.493 e. The van der Waals surface area contributed by atoms with Crippen molar-refractivity contribution in [2.75, 3.05) is 6.61 Å². The molecular formula is C23H19N3O3. The van der Waals surface area contributed by atoms with Crippen LogP contribution in [-0.4, -0.2) is 22.6 Å². The SMILES string of the molecule is O=C(COc1ccccc1Cc1ccccc1)N=Nc1c(O)[nH]c2ccccc12. The highest BCUT2D eigenvalue weighted by molar-refractivity contribution is 5.94. The van der Waals surface area contributed by atoms with Crippen molar-refractivity contribution in [2.24, 2.45) is 10.2 Å². The molecule has 6 heteroatoms. The molecule has 0 spiro atoms. The lowest BCUT2D eigenvalue weighted by atomic mass is 10.0. The van der Waals surface area contributed by atoms with Gasteiger partial charge in [-0.25, -0.2) is 0 Å². The summed E-state index contributed by atoms with van der Waals surface area (Å²) < 4.78 is 5.69. The maximum atomic E-state index is 12.2. The van der Waals surface area contributed by atoms with E-state index in [0.717, 1.165) is 16.6 Å². The van der Waals surface area contributed by atoms with Crippen molar-refractivity contribution in [1.82, 2.24) is 4.98 Å². The Bertz CT molecular complexity index is 1170. The molecule has 2 N–H and O–H groups in total. The maximum absolute atomic E-state index is 12.2. The van der Waals surface area contributed by atoms with Crippen molar-refractivity contribution >= 4 is 22.5 Å². The second-order valence-corrected chi connectivity index (χ2v) is 6.52. The molecule has 4 rings (SSSR count). The van der Waals surface area contributed by atoms with Gasteiger partial charge in [0.2, 0.25) is 5.88 Å². The Balaban J connectivity index is 1.44. The number of hydrogen-bond acceptors (Lipinski definition) is 4. The number of rotatable bonds is 6. The van der Waals surface area contributed by atoms with Crippen molar-refractivity contribution in [3.63, 3.8) is 0 Å². The van der Waals surface area contributed by atoms with Crippen LogP contribution in [0.5, 0.6) is 11.6 Å². The van der Waals surface area contributed by atoms with E-state index in [1.54, 1.807) is 6.07 Å². The van der Waals surface area contributed by atoms with Crippen LogP contribution in [0.3, 0.4) is 0 Å². The lowest BCUT2D eigenvalue weighted by Gasteiger charge is -2.10. The van der Waals surface area contributed by atoms with E-state index in [9.17, 15) is 9.90 Å². The Morgan fingerprint density at radius 3 is 2.52 bits per heavy atom. The number of aromatic nitrogens is 1. The summed E-state index contributed by atoms with van der Waals surface area (Å²) in [5.74, 6) is -0.0316. The second-order valence-electron chi connectivity index (χ2n) is 6.52. The number of H-pyrrole nitrogens is 1. The smallest absolute Gasteiger partial charge is 0.302 e. The normalized spacial score (nSPS) is 11.2. The number of aromatic hydroxyl groups is 1. The summed E-state index contributed by atoms with van der Waals surface area (Å²) in [5.41, 5.74) is 3.10. The van der Waals surface area contributed by atoms with E-state index >= 15 is 0 Å². The van der Waals surface area contributed by atoms with Crippen LogP contribution in [0.25, 0.3) is 10.9 Å². The zero-order valence-electron chi connectivity index (χ0n) is 15.6. The number of benzene rings is 3. The number of aromatic amines is 1. The minimum atomic E-state index is -0.538. The summed E-state index contributed by atoms with van der Waals surface area (Å²) in [6.07, 6.45) is 0.704. The number of azo groups is 1. The van der Waals surface area contributed by atoms with Gasteiger partial charge in [-0.05, 0) is 23.3 Å². The summed E-state index contributed by atoms with van der Waals surface area (Å²) in [6, 6.07) is 24.9. The van der Waals surface area contributed by atoms with Crippen molar-refractivity contribution in [2.45, 2.75) is 6.42 Å². The highest BCUT2D eigenvalue weighted by Gasteiger charge is 2.11. The van der Waals surface area contributed by atoms with E-state index in [4.69, 9.17) is 4.74 Å². The number of carbonyl (C=O) groups is 1. The number of para-hydroxylation sites is 2. The standard InChI is InChI=1S/C23H19N3O3/c27-21(25-26-22-18-11-5-6-12-19(18)24-23(22)28)15-29-20-13-7-4-10-17(20)14-16-8-2-1-3-9-16/h1-13,24,28H,14-15H2. The van der Waals surface area contributed by atoms with Crippen LogP contribution in [0.2, 0.25) is 0 Å². The quantitative estimate of drug-likeness (QED) is 0.450. The number of carbonyl (C=O) groups excluding carboxylic acids is 1. The number of fused-ring (bicyclic) bond motifs is 1. The molecule has 6 nitrogen and oxygen atoms in total. The Labute approximate surface area is 167 Å². The fourth-order valence-electron chi connectivity index (χ4n) is 3.09. The molecule has 1 heterocycles. The fraction of sp³-hybridized carbons (Fsp3) is 0.0870. The third-order valence-corrected chi connectivity index (χ3v) is 4.48. The average molecular weight is 385 g/mol. The van der Waals surface area contributed by atoms with Crippen molar-refractivity contribution in [3.8, 4) is 11.6 Å². The molecule has 29 heavy (non-hydrogen) atoms. The van der Waals surface area contributed by atoms with Gasteiger partial charge in [0.1, 0.15) is 5.75 Å². The largest absolute Gasteiger partial charge is 0.493 e. The van der Waals surface area contributed by atoms with Crippen LogP contribution < -0.4 is 4.74 Å². The third-order valence-electron chi connectivity index (χ3n) is 4.48. The van der Waals surface area contributed by atoms with Gasteiger partial charge in [0.05, 0.1) is 5.52 Å². The first-order valence-corrected chi connectivity index (χ1v) is 9.19. The Kier molecular flexibility index (Phi) is 5.33. The molecule has 3 aromatic carbocycles. The molecule has 0 unspecified atom stereocenters. The second kappa shape index (κ2) is 8.39. The van der Waals surface area contributed by atoms with Crippen LogP contribution >= 0.6 is 0 Å². The van der Waals surface area contributed by atoms with Gasteiger partial charge in [0, 0.05) is 11.8 Å². The molecule has 1 amide bonds. The highest BCUT2D eigenvalue weighted by Crippen LogP contribution is 2.35. The maximum Gasteiger partial charge on any atom is 0.302 e. The molecule has 144 valence electrons. The van der Waals surface area contributed by atoms with Gasteiger partial charge in [-0.3, -0.25) is 4.79 Å². The first-order valence-electron chi connectivity index (χ1n) is 9.19. The van der Waals surface area contributed by atoms with E-state index in [1.165, 1.54) is 0 Å². The lowest BCUT2D eigenvalue weighted by molar-refractivity contribution is -0.120. The predicted octanol–water partition coefficient (Wildman–Crippen LogP) is 5.15. The molecule has 0 radical (unpaired) electrons. The van der Waals surface area contributed by atoms with Crippen LogP contribution in [0.1, 0.15) is 11.1 Å². The van der Waals surface area contributed by atoms with Crippen molar-refractivity contribution in [1.29, 1.82) is 0 Å². The van der Waals surface area contributed by atoms with Crippen molar-refractivity contribution < 1.29 is 14.6 Å². The third kappa shape index (κ3) is 4.32. The van der Waals surface area contributed by atoms with Crippen molar-refractivity contribution in [3.05, 3.63) is 90.0 Å². The summed E-state index contributed by atoms with van der Waals surface area (Å²) in [7, 11) is 0. The number of hydrogen-bond donors (Lipinski definition) is 2. The predicted molar refractivity (Wildman–Crippen MR) is 111 cm³/mol. The number of nitrogens with one attached hydrogen (secondary N) is 1. The van der Waals surface area contributed by atoms with E-state index in [1.807, 2.05) is 72.8 Å².